The molecule has 0 bridgehead atoms. The van der Waals surface area contributed by atoms with Crippen LogP contribution in [0.2, 0.25) is 10.0 Å². The van der Waals surface area contributed by atoms with Crippen LogP contribution in [0.1, 0.15) is 0 Å². The number of hydrogen-bond acceptors (Lipinski definition) is 3. The largest absolute Gasteiger partial charge is 0.324 e. The molecule has 0 aliphatic rings. The maximum Gasteiger partial charge on any atom is 0.324 e. The first-order valence-corrected chi connectivity index (χ1v) is 6.60. The number of urea groups is 1. The van der Waals surface area contributed by atoms with Crippen molar-refractivity contribution in [2.75, 3.05) is 10.6 Å². The van der Waals surface area contributed by atoms with Gasteiger partial charge in [0.1, 0.15) is 4.60 Å². The fourth-order valence-electron chi connectivity index (χ4n) is 1.23. The zero-order valence-corrected chi connectivity index (χ0v) is 12.4. The molecule has 2 N–H and O–H groups in total. The molecule has 2 rings (SSSR count). The average Bonchev–Trinajstić information content (AvgIpc) is 2.37. The van der Waals surface area contributed by atoms with Crippen molar-refractivity contribution in [1.29, 1.82) is 0 Å². The Morgan fingerprint density at radius 3 is 2.53 bits per heavy atom. The van der Waals surface area contributed by atoms with Crippen molar-refractivity contribution < 1.29 is 4.79 Å². The first-order valence-electron chi connectivity index (χ1n) is 5.05. The summed E-state index contributed by atoms with van der Waals surface area (Å²) < 4.78 is 0.586. The highest BCUT2D eigenvalue weighted by Crippen LogP contribution is 2.25. The van der Waals surface area contributed by atoms with Crippen molar-refractivity contribution in [3.63, 3.8) is 0 Å². The summed E-state index contributed by atoms with van der Waals surface area (Å²) in [5.74, 6) is 0.334. The Morgan fingerprint density at radius 1 is 1.11 bits per heavy atom. The van der Waals surface area contributed by atoms with Gasteiger partial charge in [0, 0.05) is 5.69 Å². The number of hydrogen-bond donors (Lipinski definition) is 2. The molecule has 19 heavy (non-hydrogen) atoms. The summed E-state index contributed by atoms with van der Waals surface area (Å²) in [5.41, 5.74) is 0.525. The Hall–Kier alpha value is -1.37. The standard InChI is InChI=1S/C11H7BrCl2N4O/c12-9-4-16-10(5-15-9)18-11(19)17-6-1-2-7(13)8(14)3-6/h1-5H,(H2,16,17,18,19). The molecule has 0 fully saturated rings. The summed E-state index contributed by atoms with van der Waals surface area (Å²) in [6.45, 7) is 0. The third kappa shape index (κ3) is 4.05. The van der Waals surface area contributed by atoms with Crippen molar-refractivity contribution in [2.24, 2.45) is 0 Å². The van der Waals surface area contributed by atoms with Gasteiger partial charge in [-0.05, 0) is 34.1 Å². The number of rotatable bonds is 2. The summed E-state index contributed by atoms with van der Waals surface area (Å²) in [6, 6.07) is 4.34. The molecule has 0 aliphatic carbocycles. The van der Waals surface area contributed by atoms with Crippen LogP contribution in [-0.2, 0) is 0 Å². The molecule has 98 valence electrons. The summed E-state index contributed by atoms with van der Waals surface area (Å²) in [5, 5.41) is 5.92. The van der Waals surface area contributed by atoms with Crippen LogP contribution in [0.5, 0.6) is 0 Å². The smallest absolute Gasteiger partial charge is 0.308 e. The Bertz CT molecular complexity index is 606. The van der Waals surface area contributed by atoms with Gasteiger partial charge in [0.25, 0.3) is 0 Å². The second-order valence-corrected chi connectivity index (χ2v) is 5.06. The normalized spacial score (nSPS) is 10.1. The van der Waals surface area contributed by atoms with E-state index >= 15 is 0 Å². The van der Waals surface area contributed by atoms with Gasteiger partial charge in [0.15, 0.2) is 5.82 Å². The fraction of sp³-hybridized carbons (Fsp3) is 0. The lowest BCUT2D eigenvalue weighted by Crippen LogP contribution is -2.20. The van der Waals surface area contributed by atoms with E-state index in [4.69, 9.17) is 23.2 Å². The third-order valence-electron chi connectivity index (χ3n) is 2.04. The van der Waals surface area contributed by atoms with Crippen LogP contribution >= 0.6 is 39.1 Å². The van der Waals surface area contributed by atoms with Crippen molar-refractivity contribution in [1.82, 2.24) is 9.97 Å². The number of aromatic nitrogens is 2. The Labute approximate surface area is 127 Å². The number of nitrogens with zero attached hydrogens (tertiary/aromatic N) is 2. The summed E-state index contributed by atoms with van der Waals surface area (Å²) in [4.78, 5) is 19.6. The maximum absolute atomic E-state index is 11.7. The SMILES string of the molecule is O=C(Nc1ccc(Cl)c(Cl)c1)Nc1cnc(Br)cn1. The molecule has 0 saturated heterocycles. The topological polar surface area (TPSA) is 66.9 Å². The van der Waals surface area contributed by atoms with Crippen LogP contribution in [0, 0.1) is 0 Å². The highest BCUT2D eigenvalue weighted by atomic mass is 79.9. The second-order valence-electron chi connectivity index (χ2n) is 3.43. The van der Waals surface area contributed by atoms with E-state index in [2.05, 4.69) is 36.5 Å². The molecule has 0 unspecified atom stereocenters. The molecule has 0 radical (unpaired) electrons. The fourth-order valence-corrected chi connectivity index (χ4v) is 1.73. The van der Waals surface area contributed by atoms with Gasteiger partial charge in [-0.25, -0.2) is 14.8 Å². The molecule has 2 amide bonds. The molecule has 2 aromatic rings. The van der Waals surface area contributed by atoms with Crippen molar-refractivity contribution in [2.45, 2.75) is 0 Å². The van der Waals surface area contributed by atoms with Crippen molar-refractivity contribution in [3.8, 4) is 0 Å². The monoisotopic (exact) mass is 360 g/mol. The quantitative estimate of drug-likeness (QED) is 0.842. The molecule has 8 heteroatoms. The highest BCUT2D eigenvalue weighted by Gasteiger charge is 2.05. The van der Waals surface area contributed by atoms with Crippen molar-refractivity contribution in [3.05, 3.63) is 45.2 Å². The van der Waals surface area contributed by atoms with E-state index in [1.165, 1.54) is 12.4 Å². The predicted molar refractivity (Wildman–Crippen MR) is 78.8 cm³/mol. The minimum Gasteiger partial charge on any atom is -0.308 e. The van der Waals surface area contributed by atoms with Gasteiger partial charge >= 0.3 is 6.03 Å². The number of anilines is 2. The molecule has 0 saturated carbocycles. The van der Waals surface area contributed by atoms with E-state index in [-0.39, 0.29) is 0 Å². The number of halogens is 3. The van der Waals surface area contributed by atoms with Gasteiger partial charge < -0.3 is 5.32 Å². The van der Waals surface area contributed by atoms with Gasteiger partial charge in [0.05, 0.1) is 22.4 Å². The Balaban J connectivity index is 2.01. The van der Waals surface area contributed by atoms with Crippen molar-refractivity contribution >= 4 is 56.7 Å². The van der Waals surface area contributed by atoms with Gasteiger partial charge in [-0.3, -0.25) is 5.32 Å². The second kappa shape index (κ2) is 6.18. The Morgan fingerprint density at radius 2 is 1.89 bits per heavy atom. The minimum absolute atomic E-state index is 0.334. The number of carbonyl (C=O) groups excluding carboxylic acids is 1. The van der Waals surface area contributed by atoms with Gasteiger partial charge in [-0.15, -0.1) is 0 Å². The van der Waals surface area contributed by atoms with Crippen LogP contribution in [0.3, 0.4) is 0 Å². The van der Waals surface area contributed by atoms with Crippen LogP contribution in [-0.4, -0.2) is 16.0 Å². The summed E-state index contributed by atoms with van der Waals surface area (Å²) in [7, 11) is 0. The van der Waals surface area contributed by atoms with E-state index in [0.29, 0.717) is 26.2 Å². The van der Waals surface area contributed by atoms with E-state index in [0.717, 1.165) is 0 Å². The molecule has 1 aromatic heterocycles. The van der Waals surface area contributed by atoms with E-state index in [1.807, 2.05) is 0 Å². The molecule has 0 aliphatic heterocycles. The third-order valence-corrected chi connectivity index (χ3v) is 3.19. The number of amides is 2. The molecule has 0 spiro atoms. The summed E-state index contributed by atoms with van der Waals surface area (Å²) >= 11 is 14.8. The molecular formula is C11H7BrCl2N4O. The highest BCUT2D eigenvalue weighted by molar-refractivity contribution is 9.10. The zero-order valence-electron chi connectivity index (χ0n) is 9.32. The van der Waals surface area contributed by atoms with Crippen LogP contribution < -0.4 is 10.6 Å². The molecule has 1 heterocycles. The lowest BCUT2D eigenvalue weighted by Gasteiger charge is -2.07. The van der Waals surface area contributed by atoms with Gasteiger partial charge in [0.2, 0.25) is 0 Å². The van der Waals surface area contributed by atoms with E-state index in [1.54, 1.807) is 18.2 Å². The number of benzene rings is 1. The van der Waals surface area contributed by atoms with E-state index in [9.17, 15) is 4.79 Å². The first-order chi connectivity index (χ1) is 9.04. The van der Waals surface area contributed by atoms with Gasteiger partial charge in [-0.1, -0.05) is 23.2 Å². The van der Waals surface area contributed by atoms with Gasteiger partial charge in [-0.2, -0.15) is 0 Å². The zero-order chi connectivity index (χ0) is 13.8. The first kappa shape index (κ1) is 14.0. The number of nitrogens with one attached hydrogen (secondary N) is 2. The molecule has 5 nitrogen and oxygen atoms in total. The van der Waals surface area contributed by atoms with Crippen LogP contribution in [0.15, 0.2) is 35.2 Å². The maximum atomic E-state index is 11.7. The average molecular weight is 362 g/mol. The number of carbonyl (C=O) groups is 1. The molecular weight excluding hydrogens is 355 g/mol. The molecule has 0 atom stereocenters. The van der Waals surface area contributed by atoms with Crippen LogP contribution in [0.4, 0.5) is 16.3 Å². The summed E-state index contributed by atoms with van der Waals surface area (Å²) in [6.07, 6.45) is 2.91. The Kier molecular flexibility index (Phi) is 4.57. The van der Waals surface area contributed by atoms with E-state index < -0.39 is 6.03 Å². The minimum atomic E-state index is -0.449. The molecule has 1 aromatic carbocycles. The lowest BCUT2D eigenvalue weighted by molar-refractivity contribution is 0.262. The lowest BCUT2D eigenvalue weighted by atomic mass is 10.3. The van der Waals surface area contributed by atoms with Crippen LogP contribution in [0.25, 0.3) is 0 Å². The predicted octanol–water partition coefficient (Wildman–Crippen LogP) is 4.19.